The zero-order valence-corrected chi connectivity index (χ0v) is 15.4. The Hall–Kier alpha value is -0.200. The number of carbonyl (C=O) groups excluding carboxylic acids is 1. The molecule has 0 aromatic heterocycles. The monoisotopic (exact) mass is 408 g/mol. The van der Waals surface area contributed by atoms with Crippen LogP contribution in [-0.4, -0.2) is 25.1 Å². The first kappa shape index (κ1) is 19.8. The zero-order chi connectivity index (χ0) is 16.9. The van der Waals surface area contributed by atoms with Crippen LogP contribution >= 0.6 is 53.9 Å². The Morgan fingerprint density at radius 3 is 2.32 bits per heavy atom. The van der Waals surface area contributed by atoms with Gasteiger partial charge in [-0.05, 0) is 19.1 Å². The lowest BCUT2D eigenvalue weighted by Crippen LogP contribution is -2.30. The quantitative estimate of drug-likeness (QED) is 0.502. The maximum Gasteiger partial charge on any atom is 0.340 e. The SMILES string of the molecule is CCO[P@](=O)(NC(=O)Nc1c(Cl)cc(Cl)cc1Cl)[C@@H](Cl)OC. The highest BCUT2D eigenvalue weighted by Gasteiger charge is 2.35. The minimum Gasteiger partial charge on any atom is -0.355 e. The molecule has 2 N–H and O–H groups in total. The molecule has 0 unspecified atom stereocenters. The van der Waals surface area contributed by atoms with Crippen LogP contribution in [0.2, 0.25) is 15.1 Å². The van der Waals surface area contributed by atoms with Gasteiger partial charge in [-0.15, -0.1) is 0 Å². The Morgan fingerprint density at radius 1 is 1.32 bits per heavy atom. The number of halogens is 4. The average molecular weight is 410 g/mol. The third-order valence-corrected chi connectivity index (χ3v) is 5.95. The predicted molar refractivity (Wildman–Crippen MR) is 89.5 cm³/mol. The van der Waals surface area contributed by atoms with Crippen LogP contribution in [0.5, 0.6) is 0 Å². The van der Waals surface area contributed by atoms with E-state index in [0.29, 0.717) is 5.02 Å². The van der Waals surface area contributed by atoms with Crippen molar-refractivity contribution in [2.24, 2.45) is 0 Å². The highest BCUT2D eigenvalue weighted by Crippen LogP contribution is 2.50. The van der Waals surface area contributed by atoms with Crippen molar-refractivity contribution in [3.8, 4) is 0 Å². The van der Waals surface area contributed by atoms with Crippen LogP contribution in [0.4, 0.5) is 10.5 Å². The predicted octanol–water partition coefficient (Wildman–Crippen LogP) is 5.17. The van der Waals surface area contributed by atoms with Crippen molar-refractivity contribution in [1.82, 2.24) is 5.09 Å². The molecule has 0 spiro atoms. The Labute approximate surface area is 147 Å². The number of hydrogen-bond donors (Lipinski definition) is 2. The van der Waals surface area contributed by atoms with E-state index in [0.717, 1.165) is 0 Å². The van der Waals surface area contributed by atoms with Gasteiger partial charge < -0.3 is 14.6 Å². The number of ether oxygens (including phenoxy) is 1. The summed E-state index contributed by atoms with van der Waals surface area (Å²) in [7, 11) is -2.54. The van der Waals surface area contributed by atoms with Crippen LogP contribution in [0.1, 0.15) is 6.92 Å². The number of methoxy groups -OCH3 is 1. The molecule has 0 aliphatic rings. The van der Waals surface area contributed by atoms with Crippen molar-refractivity contribution in [1.29, 1.82) is 0 Å². The number of hydrogen-bond acceptors (Lipinski definition) is 4. The van der Waals surface area contributed by atoms with Gasteiger partial charge in [0.25, 0.3) is 0 Å². The van der Waals surface area contributed by atoms with Crippen molar-refractivity contribution >= 4 is 65.6 Å². The normalized spacial score (nSPS) is 15.0. The van der Waals surface area contributed by atoms with E-state index in [2.05, 4.69) is 10.4 Å². The molecule has 1 aromatic rings. The lowest BCUT2D eigenvalue weighted by molar-refractivity contribution is 0.192. The van der Waals surface area contributed by atoms with Gasteiger partial charge in [-0.25, -0.2) is 4.79 Å². The second-order valence-corrected chi connectivity index (χ2v) is 7.95. The number of anilines is 1. The highest BCUT2D eigenvalue weighted by molar-refractivity contribution is 7.60. The van der Waals surface area contributed by atoms with E-state index >= 15 is 0 Å². The topological polar surface area (TPSA) is 76.7 Å². The van der Waals surface area contributed by atoms with Crippen LogP contribution in [0.3, 0.4) is 0 Å². The largest absolute Gasteiger partial charge is 0.355 e. The number of nitrogens with one attached hydrogen (secondary N) is 2. The molecule has 124 valence electrons. The summed E-state index contributed by atoms with van der Waals surface area (Å²) in [6, 6.07) is 1.92. The fourth-order valence-electron chi connectivity index (χ4n) is 1.42. The van der Waals surface area contributed by atoms with Gasteiger partial charge >= 0.3 is 13.6 Å². The summed E-state index contributed by atoms with van der Waals surface area (Å²) in [5.74, 6) is 0. The summed E-state index contributed by atoms with van der Waals surface area (Å²) >= 11 is 23.4. The second kappa shape index (κ2) is 8.60. The van der Waals surface area contributed by atoms with Gasteiger partial charge in [0.2, 0.25) is 5.30 Å². The van der Waals surface area contributed by atoms with Crippen molar-refractivity contribution in [3.63, 3.8) is 0 Å². The van der Waals surface area contributed by atoms with E-state index < -0.39 is 18.9 Å². The molecule has 2 amide bonds. The highest BCUT2D eigenvalue weighted by atomic mass is 35.5. The Kier molecular flexibility index (Phi) is 7.75. The van der Waals surface area contributed by atoms with Crippen molar-refractivity contribution in [2.45, 2.75) is 12.2 Å². The fraction of sp³-hybridized carbons (Fsp3) is 0.364. The van der Waals surface area contributed by atoms with E-state index in [-0.39, 0.29) is 22.3 Å². The molecule has 22 heavy (non-hydrogen) atoms. The summed E-state index contributed by atoms with van der Waals surface area (Å²) in [4.78, 5) is 12.0. The molecule has 0 heterocycles. The molecule has 0 bridgehead atoms. The van der Waals surface area contributed by atoms with Crippen LogP contribution < -0.4 is 10.4 Å². The molecular weight excluding hydrogens is 397 g/mol. The number of alkyl halides is 1. The third kappa shape index (κ3) is 5.17. The maximum absolute atomic E-state index is 12.4. The zero-order valence-electron chi connectivity index (χ0n) is 11.5. The van der Waals surface area contributed by atoms with Crippen LogP contribution in [0.15, 0.2) is 12.1 Å². The summed E-state index contributed by atoms with van der Waals surface area (Å²) in [6.07, 6.45) is 0. The number of amides is 2. The van der Waals surface area contributed by atoms with E-state index in [1.165, 1.54) is 19.2 Å². The summed E-state index contributed by atoms with van der Waals surface area (Å²) < 4.78 is 22.2. The van der Waals surface area contributed by atoms with Gasteiger partial charge in [-0.1, -0.05) is 46.4 Å². The molecule has 0 saturated heterocycles. The second-order valence-electron chi connectivity index (χ2n) is 3.85. The molecule has 0 radical (unpaired) electrons. The van der Waals surface area contributed by atoms with E-state index in [4.69, 9.17) is 55.7 Å². The van der Waals surface area contributed by atoms with Crippen LogP contribution in [0.25, 0.3) is 0 Å². The fourth-order valence-corrected chi connectivity index (χ4v) is 3.93. The molecule has 6 nitrogen and oxygen atoms in total. The Balaban J connectivity index is 2.92. The summed E-state index contributed by atoms with van der Waals surface area (Å²) in [5.41, 5.74) is 0.108. The Bertz CT molecular complexity index is 578. The van der Waals surface area contributed by atoms with Crippen molar-refractivity contribution in [2.75, 3.05) is 19.0 Å². The standard InChI is InChI=1S/C11H13Cl4N2O4P/c1-3-21-22(19,10(15)20-2)17-11(18)16-9-7(13)4-6(12)5-8(9)14/h4-5,10H,3H2,1-2H3,(H2,16,17,18,19)/t10-,22-/m0/s1. The molecule has 1 rings (SSSR count). The minimum atomic E-state index is -3.77. The molecule has 0 aliphatic heterocycles. The van der Waals surface area contributed by atoms with Gasteiger partial charge in [0.15, 0.2) is 0 Å². The molecule has 11 heteroatoms. The molecule has 0 fully saturated rings. The summed E-state index contributed by atoms with van der Waals surface area (Å²) in [5, 5.41) is 3.70. The van der Waals surface area contributed by atoms with Gasteiger partial charge in [-0.3, -0.25) is 9.65 Å². The first-order chi connectivity index (χ1) is 10.2. The molecule has 0 aliphatic carbocycles. The van der Waals surface area contributed by atoms with E-state index in [1.54, 1.807) is 6.92 Å². The van der Waals surface area contributed by atoms with Gasteiger partial charge in [0.05, 0.1) is 22.3 Å². The smallest absolute Gasteiger partial charge is 0.340 e. The first-order valence-corrected chi connectivity index (χ1v) is 9.14. The lowest BCUT2D eigenvalue weighted by Gasteiger charge is -2.22. The number of benzene rings is 1. The first-order valence-electron chi connectivity index (χ1n) is 5.88. The van der Waals surface area contributed by atoms with Gasteiger partial charge in [0.1, 0.15) is 0 Å². The lowest BCUT2D eigenvalue weighted by atomic mass is 10.3. The molecular formula is C11H13Cl4N2O4P. The van der Waals surface area contributed by atoms with Gasteiger partial charge in [0, 0.05) is 12.1 Å². The Morgan fingerprint density at radius 2 is 1.86 bits per heavy atom. The van der Waals surface area contributed by atoms with E-state index in [9.17, 15) is 9.36 Å². The van der Waals surface area contributed by atoms with Crippen molar-refractivity contribution < 1.29 is 18.6 Å². The molecule has 1 aromatic carbocycles. The number of carbonyl (C=O) groups is 1. The summed E-state index contributed by atoms with van der Waals surface area (Å²) in [6.45, 7) is 1.66. The molecule has 2 atom stereocenters. The number of urea groups is 1. The third-order valence-electron chi connectivity index (χ3n) is 2.29. The molecule has 0 saturated carbocycles. The van der Waals surface area contributed by atoms with E-state index in [1.807, 2.05) is 0 Å². The van der Waals surface area contributed by atoms with Crippen molar-refractivity contribution in [3.05, 3.63) is 27.2 Å². The van der Waals surface area contributed by atoms with Crippen LogP contribution in [-0.2, 0) is 13.8 Å². The van der Waals surface area contributed by atoms with Gasteiger partial charge in [-0.2, -0.15) is 0 Å². The van der Waals surface area contributed by atoms with Crippen LogP contribution in [0, 0.1) is 0 Å². The minimum absolute atomic E-state index is 0.0621. The average Bonchev–Trinajstić information content (AvgIpc) is 2.42. The maximum atomic E-state index is 12.4. The number of rotatable bonds is 6.